The molecule has 0 spiro atoms. The van der Waals surface area contributed by atoms with Gasteiger partial charge in [-0.15, -0.1) is 0 Å². The largest absolute Gasteiger partial charge is 0.504 e. The summed E-state index contributed by atoms with van der Waals surface area (Å²) in [4.78, 5) is 4.44. The molecule has 0 aliphatic rings. The van der Waals surface area contributed by atoms with Gasteiger partial charge in [0, 0.05) is 17.3 Å². The van der Waals surface area contributed by atoms with E-state index >= 15 is 0 Å². The zero-order chi connectivity index (χ0) is 16.1. The van der Waals surface area contributed by atoms with Crippen molar-refractivity contribution in [3.63, 3.8) is 0 Å². The first-order chi connectivity index (χ1) is 11.3. The van der Waals surface area contributed by atoms with Crippen LogP contribution in [0.2, 0.25) is 0 Å². The van der Waals surface area contributed by atoms with Crippen molar-refractivity contribution in [1.29, 1.82) is 0 Å². The lowest BCUT2D eigenvalue weighted by molar-refractivity contribution is 0.373. The molecule has 0 aliphatic heterocycles. The molecule has 0 atom stereocenters. The number of nitrogens with zero attached hydrogens (tertiary/aromatic N) is 1. The molecule has 0 radical (unpaired) electrons. The maximum absolute atomic E-state index is 10.2. The highest BCUT2D eigenvalue weighted by molar-refractivity contribution is 5.80. The van der Waals surface area contributed by atoms with Crippen molar-refractivity contribution >= 4 is 12.2 Å². The molecule has 0 unspecified atom stereocenters. The van der Waals surface area contributed by atoms with Crippen LogP contribution < -0.4 is 4.74 Å². The summed E-state index contributed by atoms with van der Waals surface area (Å²) in [5, 5.41) is 10.2. The van der Waals surface area contributed by atoms with E-state index in [0.717, 1.165) is 16.8 Å². The molecular weight excluding hydrogens is 286 g/mol. The second kappa shape index (κ2) is 6.79. The van der Waals surface area contributed by atoms with Gasteiger partial charge in [-0.1, -0.05) is 48.5 Å². The van der Waals surface area contributed by atoms with Crippen LogP contribution in [-0.4, -0.2) is 17.2 Å². The van der Waals surface area contributed by atoms with E-state index in [9.17, 15) is 5.11 Å². The van der Waals surface area contributed by atoms with Crippen LogP contribution in [0.25, 0.3) is 23.3 Å². The van der Waals surface area contributed by atoms with E-state index in [-0.39, 0.29) is 5.75 Å². The number of phenolic OH excluding ortho intramolecular Hbond substituents is 1. The van der Waals surface area contributed by atoms with Crippen LogP contribution in [0, 0.1) is 0 Å². The Bertz CT molecular complexity index is 826. The molecular formula is C20H17NO2. The summed E-state index contributed by atoms with van der Waals surface area (Å²) < 4.78 is 5.13. The maximum Gasteiger partial charge on any atom is 0.165 e. The highest BCUT2D eigenvalue weighted by Crippen LogP contribution is 2.31. The van der Waals surface area contributed by atoms with Gasteiger partial charge < -0.3 is 9.84 Å². The number of methoxy groups -OCH3 is 1. The number of hydrogen-bond acceptors (Lipinski definition) is 3. The number of pyridine rings is 1. The van der Waals surface area contributed by atoms with E-state index in [4.69, 9.17) is 4.74 Å². The standard InChI is InChI=1S/C20H17NO2/c1-23-19-11-5-9-16(20(19)22)12-13-18-17(10-6-14-21-18)15-7-3-2-4-8-15/h2-14,22H,1H3. The van der Waals surface area contributed by atoms with Crippen molar-refractivity contribution in [3.05, 3.63) is 78.1 Å². The number of ether oxygens (including phenoxy) is 1. The average Bonchev–Trinajstić information content (AvgIpc) is 2.62. The Morgan fingerprint density at radius 1 is 0.913 bits per heavy atom. The van der Waals surface area contributed by atoms with Crippen molar-refractivity contribution in [1.82, 2.24) is 4.98 Å². The number of rotatable bonds is 4. The van der Waals surface area contributed by atoms with Gasteiger partial charge in [-0.3, -0.25) is 4.98 Å². The molecule has 1 aromatic heterocycles. The molecule has 0 saturated carbocycles. The Morgan fingerprint density at radius 2 is 1.74 bits per heavy atom. The molecule has 3 nitrogen and oxygen atoms in total. The molecule has 3 rings (SSSR count). The summed E-state index contributed by atoms with van der Waals surface area (Å²) in [6.45, 7) is 0. The van der Waals surface area contributed by atoms with Crippen LogP contribution in [0.3, 0.4) is 0 Å². The highest BCUT2D eigenvalue weighted by Gasteiger charge is 2.06. The fourth-order valence-electron chi connectivity index (χ4n) is 2.42. The summed E-state index contributed by atoms with van der Waals surface area (Å²) in [7, 11) is 1.54. The van der Waals surface area contributed by atoms with Crippen molar-refractivity contribution in [2.75, 3.05) is 7.11 Å². The summed E-state index contributed by atoms with van der Waals surface area (Å²) in [6.07, 6.45) is 5.50. The third kappa shape index (κ3) is 3.24. The zero-order valence-electron chi connectivity index (χ0n) is 12.8. The van der Waals surface area contributed by atoms with Gasteiger partial charge in [-0.05, 0) is 29.8 Å². The quantitative estimate of drug-likeness (QED) is 0.764. The first-order valence-corrected chi connectivity index (χ1v) is 7.34. The number of aromatic nitrogens is 1. The van der Waals surface area contributed by atoms with Crippen LogP contribution in [0.5, 0.6) is 11.5 Å². The maximum atomic E-state index is 10.2. The lowest BCUT2D eigenvalue weighted by Gasteiger charge is -2.07. The van der Waals surface area contributed by atoms with Gasteiger partial charge in [-0.25, -0.2) is 0 Å². The lowest BCUT2D eigenvalue weighted by atomic mass is 10.0. The van der Waals surface area contributed by atoms with Gasteiger partial charge in [0.15, 0.2) is 11.5 Å². The van der Waals surface area contributed by atoms with Gasteiger partial charge in [0.05, 0.1) is 12.8 Å². The van der Waals surface area contributed by atoms with E-state index in [0.29, 0.717) is 11.3 Å². The molecule has 0 amide bonds. The minimum Gasteiger partial charge on any atom is -0.504 e. The third-order valence-electron chi connectivity index (χ3n) is 3.59. The van der Waals surface area contributed by atoms with Crippen molar-refractivity contribution < 1.29 is 9.84 Å². The minimum absolute atomic E-state index is 0.128. The smallest absolute Gasteiger partial charge is 0.165 e. The van der Waals surface area contributed by atoms with Crippen LogP contribution >= 0.6 is 0 Å². The highest BCUT2D eigenvalue weighted by atomic mass is 16.5. The summed E-state index contributed by atoms with van der Waals surface area (Å²) in [5.41, 5.74) is 3.69. The fraction of sp³-hybridized carbons (Fsp3) is 0.0500. The predicted octanol–water partition coefficient (Wildman–Crippen LogP) is 4.63. The first-order valence-electron chi connectivity index (χ1n) is 7.34. The zero-order valence-corrected chi connectivity index (χ0v) is 12.8. The lowest BCUT2D eigenvalue weighted by Crippen LogP contribution is -1.87. The first kappa shape index (κ1) is 14.9. The van der Waals surface area contributed by atoms with E-state index in [2.05, 4.69) is 17.1 Å². The van der Waals surface area contributed by atoms with Crippen LogP contribution in [0.15, 0.2) is 66.9 Å². The van der Waals surface area contributed by atoms with Crippen LogP contribution in [0.1, 0.15) is 11.3 Å². The van der Waals surface area contributed by atoms with E-state index in [1.54, 1.807) is 12.3 Å². The van der Waals surface area contributed by atoms with Gasteiger partial charge in [0.1, 0.15) is 0 Å². The van der Waals surface area contributed by atoms with E-state index in [1.807, 2.05) is 54.6 Å². The van der Waals surface area contributed by atoms with Gasteiger partial charge in [0.25, 0.3) is 0 Å². The van der Waals surface area contributed by atoms with Gasteiger partial charge in [0.2, 0.25) is 0 Å². The Labute approximate surface area is 135 Å². The molecule has 0 fully saturated rings. The Morgan fingerprint density at radius 3 is 2.52 bits per heavy atom. The Hall–Kier alpha value is -3.07. The van der Waals surface area contributed by atoms with Crippen molar-refractivity contribution in [3.8, 4) is 22.6 Å². The second-order valence-corrected chi connectivity index (χ2v) is 5.03. The summed E-state index contributed by atoms with van der Waals surface area (Å²) >= 11 is 0. The number of aromatic hydroxyl groups is 1. The normalized spacial score (nSPS) is 10.8. The minimum atomic E-state index is 0.128. The summed E-state index contributed by atoms with van der Waals surface area (Å²) in [6, 6.07) is 19.5. The van der Waals surface area contributed by atoms with E-state index in [1.165, 1.54) is 7.11 Å². The third-order valence-corrected chi connectivity index (χ3v) is 3.59. The monoisotopic (exact) mass is 303 g/mol. The fourth-order valence-corrected chi connectivity index (χ4v) is 2.42. The molecule has 114 valence electrons. The van der Waals surface area contributed by atoms with Crippen molar-refractivity contribution in [2.45, 2.75) is 0 Å². The molecule has 0 aliphatic carbocycles. The number of phenols is 1. The molecule has 0 saturated heterocycles. The molecule has 2 aromatic carbocycles. The summed E-state index contributed by atoms with van der Waals surface area (Å²) in [5.74, 6) is 0.583. The molecule has 23 heavy (non-hydrogen) atoms. The topological polar surface area (TPSA) is 42.4 Å². The van der Waals surface area contributed by atoms with Gasteiger partial charge >= 0.3 is 0 Å². The van der Waals surface area contributed by atoms with E-state index < -0.39 is 0 Å². The number of para-hydroxylation sites is 1. The Kier molecular flexibility index (Phi) is 4.39. The molecule has 1 N–H and O–H groups in total. The molecule has 3 heteroatoms. The Balaban J connectivity index is 1.98. The van der Waals surface area contributed by atoms with Crippen molar-refractivity contribution in [2.24, 2.45) is 0 Å². The molecule has 1 heterocycles. The van der Waals surface area contributed by atoms with Crippen LogP contribution in [-0.2, 0) is 0 Å². The van der Waals surface area contributed by atoms with Crippen LogP contribution in [0.4, 0.5) is 0 Å². The molecule has 3 aromatic rings. The number of hydrogen-bond donors (Lipinski definition) is 1. The number of benzene rings is 2. The van der Waals surface area contributed by atoms with Gasteiger partial charge in [-0.2, -0.15) is 0 Å². The average molecular weight is 303 g/mol. The second-order valence-electron chi connectivity index (χ2n) is 5.03. The SMILES string of the molecule is COc1cccc(C=Cc2ncccc2-c2ccccc2)c1O. The molecule has 0 bridgehead atoms. The predicted molar refractivity (Wildman–Crippen MR) is 93.3 cm³/mol.